The van der Waals surface area contributed by atoms with Crippen LogP contribution in [0.5, 0.6) is 0 Å². The van der Waals surface area contributed by atoms with Crippen molar-refractivity contribution in [2.24, 2.45) is 0 Å². The Labute approximate surface area is 160 Å². The van der Waals surface area contributed by atoms with Crippen LogP contribution in [-0.4, -0.2) is 28.9 Å². The molecular formula is C23H25N3O. The fourth-order valence-electron chi connectivity index (χ4n) is 4.91. The lowest BCUT2D eigenvalue weighted by Crippen LogP contribution is -2.51. The molecule has 2 bridgehead atoms. The Morgan fingerprint density at radius 1 is 1.07 bits per heavy atom. The zero-order valence-electron chi connectivity index (χ0n) is 15.6. The number of carbonyl (C=O) groups excluding carboxylic acids is 1. The molecule has 1 N–H and O–H groups in total. The molecule has 0 radical (unpaired) electrons. The number of para-hydroxylation sites is 1. The van der Waals surface area contributed by atoms with Crippen molar-refractivity contribution in [3.8, 4) is 6.07 Å². The standard InChI is InChI=1S/C23H25N3O/c1-16(23(27)25-22-10-6-5-9-18(22)15-24)26-20-11-12-21(26)14-19(13-20)17-7-3-2-4-8-17/h2-10,16,19-21H,11-14H2,1H3,(H,25,27)/t16?,19?,20-,21+. The van der Waals surface area contributed by atoms with E-state index in [1.54, 1.807) is 12.1 Å². The molecule has 4 atom stereocenters. The molecule has 2 saturated heterocycles. The Hall–Kier alpha value is -2.64. The summed E-state index contributed by atoms with van der Waals surface area (Å²) in [6.07, 6.45) is 4.57. The second-order valence-corrected chi connectivity index (χ2v) is 7.73. The van der Waals surface area contributed by atoms with E-state index in [1.807, 2.05) is 19.1 Å². The van der Waals surface area contributed by atoms with Gasteiger partial charge in [-0.15, -0.1) is 0 Å². The van der Waals surface area contributed by atoms with Gasteiger partial charge in [-0.1, -0.05) is 42.5 Å². The van der Waals surface area contributed by atoms with Crippen LogP contribution < -0.4 is 5.32 Å². The lowest BCUT2D eigenvalue weighted by molar-refractivity contribution is -0.122. The number of fused-ring (bicyclic) bond motifs is 2. The summed E-state index contributed by atoms with van der Waals surface area (Å²) in [6.45, 7) is 2.00. The molecule has 2 aliphatic rings. The van der Waals surface area contributed by atoms with Crippen molar-refractivity contribution in [1.29, 1.82) is 5.26 Å². The summed E-state index contributed by atoms with van der Waals surface area (Å²) in [5, 5.41) is 12.2. The van der Waals surface area contributed by atoms with Crippen LogP contribution >= 0.6 is 0 Å². The Kier molecular flexibility index (Phi) is 4.96. The zero-order chi connectivity index (χ0) is 18.8. The molecule has 4 heteroatoms. The van der Waals surface area contributed by atoms with Crippen molar-refractivity contribution in [1.82, 2.24) is 4.90 Å². The Balaban J connectivity index is 1.46. The van der Waals surface area contributed by atoms with E-state index in [9.17, 15) is 10.1 Å². The largest absolute Gasteiger partial charge is 0.324 e. The first kappa shape index (κ1) is 17.8. The van der Waals surface area contributed by atoms with Gasteiger partial charge in [0.25, 0.3) is 0 Å². The normalized spacial score (nSPS) is 25.6. The van der Waals surface area contributed by atoms with Gasteiger partial charge >= 0.3 is 0 Å². The molecule has 27 heavy (non-hydrogen) atoms. The van der Waals surface area contributed by atoms with Crippen LogP contribution in [0, 0.1) is 11.3 Å². The number of rotatable bonds is 4. The van der Waals surface area contributed by atoms with Crippen LogP contribution in [0.15, 0.2) is 54.6 Å². The number of anilines is 1. The molecule has 4 rings (SSSR count). The van der Waals surface area contributed by atoms with Gasteiger partial charge in [-0.3, -0.25) is 9.69 Å². The van der Waals surface area contributed by atoms with E-state index in [-0.39, 0.29) is 11.9 Å². The molecule has 2 fully saturated rings. The van der Waals surface area contributed by atoms with Crippen molar-refractivity contribution in [3.63, 3.8) is 0 Å². The number of nitrogens with one attached hydrogen (secondary N) is 1. The molecule has 1 amide bonds. The molecule has 2 aromatic carbocycles. The van der Waals surface area contributed by atoms with Crippen LogP contribution in [0.25, 0.3) is 0 Å². The van der Waals surface area contributed by atoms with E-state index >= 15 is 0 Å². The van der Waals surface area contributed by atoms with Gasteiger partial charge in [0.2, 0.25) is 5.91 Å². The van der Waals surface area contributed by atoms with Gasteiger partial charge < -0.3 is 5.32 Å². The minimum Gasteiger partial charge on any atom is -0.324 e. The third-order valence-electron chi connectivity index (χ3n) is 6.19. The average molecular weight is 359 g/mol. The quantitative estimate of drug-likeness (QED) is 0.886. The summed E-state index contributed by atoms with van der Waals surface area (Å²) in [5.74, 6) is 0.572. The second-order valence-electron chi connectivity index (χ2n) is 7.73. The third-order valence-corrected chi connectivity index (χ3v) is 6.19. The van der Waals surface area contributed by atoms with Gasteiger partial charge in [0, 0.05) is 12.1 Å². The van der Waals surface area contributed by atoms with Crippen LogP contribution in [-0.2, 0) is 4.79 Å². The fourth-order valence-corrected chi connectivity index (χ4v) is 4.91. The predicted molar refractivity (Wildman–Crippen MR) is 106 cm³/mol. The first-order valence-electron chi connectivity index (χ1n) is 9.79. The molecule has 0 spiro atoms. The SMILES string of the molecule is CC(C(=O)Nc1ccccc1C#N)N1[C@@H]2CC[C@H]1CC(c1ccccc1)C2. The number of hydrogen-bond donors (Lipinski definition) is 1. The number of hydrogen-bond acceptors (Lipinski definition) is 3. The molecule has 0 aromatic heterocycles. The molecule has 4 nitrogen and oxygen atoms in total. The maximum absolute atomic E-state index is 12.9. The van der Waals surface area contributed by atoms with Crippen LogP contribution in [0.3, 0.4) is 0 Å². The Morgan fingerprint density at radius 3 is 2.37 bits per heavy atom. The maximum Gasteiger partial charge on any atom is 0.241 e. The monoisotopic (exact) mass is 359 g/mol. The van der Waals surface area contributed by atoms with E-state index < -0.39 is 0 Å². The van der Waals surface area contributed by atoms with Crippen LogP contribution in [0.1, 0.15) is 49.7 Å². The van der Waals surface area contributed by atoms with E-state index in [1.165, 1.54) is 18.4 Å². The predicted octanol–water partition coefficient (Wildman–Crippen LogP) is 4.30. The van der Waals surface area contributed by atoms with E-state index in [0.717, 1.165) is 12.8 Å². The Bertz CT molecular complexity index is 843. The summed E-state index contributed by atoms with van der Waals surface area (Å²) in [5.41, 5.74) is 2.53. The van der Waals surface area contributed by atoms with E-state index in [2.05, 4.69) is 46.6 Å². The van der Waals surface area contributed by atoms with Crippen molar-refractivity contribution in [3.05, 3.63) is 65.7 Å². The van der Waals surface area contributed by atoms with Crippen LogP contribution in [0.2, 0.25) is 0 Å². The molecule has 0 saturated carbocycles. The number of amides is 1. The van der Waals surface area contributed by atoms with Crippen molar-refractivity contribution >= 4 is 11.6 Å². The summed E-state index contributed by atoms with van der Waals surface area (Å²) < 4.78 is 0. The molecule has 2 aromatic rings. The van der Waals surface area contributed by atoms with Crippen molar-refractivity contribution in [2.75, 3.05) is 5.32 Å². The highest BCUT2D eigenvalue weighted by Gasteiger charge is 2.44. The molecule has 2 aliphatic heterocycles. The van der Waals surface area contributed by atoms with E-state index in [0.29, 0.717) is 29.3 Å². The number of carbonyl (C=O) groups is 1. The number of piperidine rings is 1. The number of nitriles is 1. The highest BCUT2D eigenvalue weighted by atomic mass is 16.2. The Morgan fingerprint density at radius 2 is 1.70 bits per heavy atom. The van der Waals surface area contributed by atoms with E-state index in [4.69, 9.17) is 0 Å². The van der Waals surface area contributed by atoms with Crippen LogP contribution in [0.4, 0.5) is 5.69 Å². The van der Waals surface area contributed by atoms with Crippen molar-refractivity contribution < 1.29 is 4.79 Å². The van der Waals surface area contributed by atoms with Gasteiger partial charge in [0.1, 0.15) is 6.07 Å². The minimum absolute atomic E-state index is 0.0206. The second kappa shape index (κ2) is 7.54. The molecule has 138 valence electrons. The summed E-state index contributed by atoms with van der Waals surface area (Å²) in [4.78, 5) is 15.3. The van der Waals surface area contributed by atoms with Gasteiger partial charge in [0.05, 0.1) is 17.3 Å². The highest BCUT2D eigenvalue weighted by molar-refractivity contribution is 5.95. The third kappa shape index (κ3) is 3.48. The molecule has 2 unspecified atom stereocenters. The topological polar surface area (TPSA) is 56.1 Å². The smallest absolute Gasteiger partial charge is 0.241 e. The lowest BCUT2D eigenvalue weighted by atomic mass is 9.84. The fraction of sp³-hybridized carbons (Fsp3) is 0.391. The summed E-state index contributed by atoms with van der Waals surface area (Å²) in [7, 11) is 0. The molecule has 2 heterocycles. The summed E-state index contributed by atoms with van der Waals surface area (Å²) in [6, 6.07) is 20.8. The first-order chi connectivity index (χ1) is 13.2. The van der Waals surface area contributed by atoms with Gasteiger partial charge in [-0.25, -0.2) is 0 Å². The average Bonchev–Trinajstić information content (AvgIpc) is 2.97. The molecule has 0 aliphatic carbocycles. The molecular weight excluding hydrogens is 334 g/mol. The van der Waals surface area contributed by atoms with Crippen molar-refractivity contribution in [2.45, 2.75) is 56.7 Å². The number of benzene rings is 2. The zero-order valence-corrected chi connectivity index (χ0v) is 15.6. The maximum atomic E-state index is 12.9. The lowest BCUT2D eigenvalue weighted by Gasteiger charge is -2.42. The minimum atomic E-state index is -0.189. The first-order valence-corrected chi connectivity index (χ1v) is 9.79. The summed E-state index contributed by atoms with van der Waals surface area (Å²) >= 11 is 0. The van der Waals surface area contributed by atoms with Gasteiger partial charge in [-0.05, 0) is 56.2 Å². The highest BCUT2D eigenvalue weighted by Crippen LogP contribution is 2.44. The number of nitrogens with zero attached hydrogens (tertiary/aromatic N) is 2. The van der Waals surface area contributed by atoms with Gasteiger partial charge in [-0.2, -0.15) is 5.26 Å². The van der Waals surface area contributed by atoms with Gasteiger partial charge in [0.15, 0.2) is 0 Å².